The second kappa shape index (κ2) is 15.6. The van der Waals surface area contributed by atoms with Gasteiger partial charge in [0.15, 0.2) is 17.3 Å². The van der Waals surface area contributed by atoms with Crippen LogP contribution in [-0.2, 0) is 6.18 Å². The topological polar surface area (TPSA) is 91.6 Å². The second-order valence-electron chi connectivity index (χ2n) is 16.7. The SMILES string of the molecule is [C-]#[N+]c1ccc(-n2c3ccccc3c3cc(-c4nc(C)nc(C)n4)ccc32)c(-c2cc(-c3c(C)cccc3C(F)(F)F)ccc2-n2c3ccccc3c3cc(-c4nc(C)nc(C)n4)ccc32)c1. The standard InChI is InChI=1S/C55H38F3N9/c1-30-12-11-15-45(55(56,57)58)52(30)35-18-22-50(66-46-16-9-7-13-39(46)41-27-36(19-23-48(41)66)53-62-31(2)60-32(3)63-53)43(26-35)44-29-38(59-6)21-25-51(44)67-47-17-10-8-14-40(47)42-28-37(20-24-49(42)67)54-64-33(4)61-34(5)65-54/h7-29H,1-5H3. The molecule has 0 aliphatic carbocycles. The Morgan fingerprint density at radius 1 is 0.448 bits per heavy atom. The first kappa shape index (κ1) is 41.2. The monoisotopic (exact) mass is 881 g/mol. The predicted molar refractivity (Wildman–Crippen MR) is 259 cm³/mol. The lowest BCUT2D eigenvalue weighted by molar-refractivity contribution is -0.137. The molecule has 0 atom stereocenters. The van der Waals surface area contributed by atoms with Gasteiger partial charge in [-0.25, -0.2) is 34.7 Å². The average molecular weight is 882 g/mol. The van der Waals surface area contributed by atoms with Gasteiger partial charge in [-0.15, -0.1) is 0 Å². The van der Waals surface area contributed by atoms with E-state index >= 15 is 0 Å². The number of hydrogen-bond donors (Lipinski definition) is 0. The summed E-state index contributed by atoms with van der Waals surface area (Å²) in [6.07, 6.45) is -4.62. The van der Waals surface area contributed by atoms with Crippen molar-refractivity contribution in [2.45, 2.75) is 40.8 Å². The molecule has 0 spiro atoms. The fraction of sp³-hybridized carbons (Fsp3) is 0.109. The fourth-order valence-corrected chi connectivity index (χ4v) is 9.63. The van der Waals surface area contributed by atoms with E-state index in [1.807, 2.05) is 107 Å². The fourth-order valence-electron chi connectivity index (χ4n) is 9.63. The second-order valence-corrected chi connectivity index (χ2v) is 16.7. The molecule has 9 nitrogen and oxygen atoms in total. The Morgan fingerprint density at radius 3 is 1.42 bits per heavy atom. The Hall–Kier alpha value is -8.56. The number of aromatic nitrogens is 8. The van der Waals surface area contributed by atoms with Crippen LogP contribution >= 0.6 is 0 Å². The van der Waals surface area contributed by atoms with E-state index < -0.39 is 11.7 Å². The van der Waals surface area contributed by atoms with Crippen molar-refractivity contribution < 1.29 is 13.2 Å². The molecule has 7 aromatic carbocycles. The van der Waals surface area contributed by atoms with Gasteiger partial charge in [0.25, 0.3) is 0 Å². The van der Waals surface area contributed by atoms with Crippen molar-refractivity contribution in [1.29, 1.82) is 0 Å². The predicted octanol–water partition coefficient (Wildman–Crippen LogP) is 14.0. The normalized spacial score (nSPS) is 11.9. The van der Waals surface area contributed by atoms with Gasteiger partial charge in [-0.1, -0.05) is 60.7 Å². The van der Waals surface area contributed by atoms with E-state index in [9.17, 15) is 13.2 Å². The van der Waals surface area contributed by atoms with Crippen molar-refractivity contribution in [3.8, 4) is 56.4 Å². The van der Waals surface area contributed by atoms with Crippen LogP contribution in [0.25, 0.3) is 105 Å². The average Bonchev–Trinajstić information content (AvgIpc) is 3.82. The molecule has 0 N–H and O–H groups in total. The van der Waals surface area contributed by atoms with Crippen molar-refractivity contribution in [2.24, 2.45) is 0 Å². The van der Waals surface area contributed by atoms with Crippen molar-refractivity contribution in [3.63, 3.8) is 0 Å². The molecule has 0 aliphatic rings. The zero-order valence-corrected chi connectivity index (χ0v) is 36.9. The Kier molecular flexibility index (Phi) is 9.56. The number of benzene rings is 7. The van der Waals surface area contributed by atoms with Crippen molar-refractivity contribution in [2.75, 3.05) is 0 Å². The summed E-state index contributed by atoms with van der Waals surface area (Å²) < 4.78 is 49.2. The van der Waals surface area contributed by atoms with E-state index in [-0.39, 0.29) is 5.56 Å². The first-order valence-corrected chi connectivity index (χ1v) is 21.6. The zero-order chi connectivity index (χ0) is 46.3. The summed E-state index contributed by atoms with van der Waals surface area (Å²) in [4.78, 5) is 31.3. The molecule has 0 radical (unpaired) electrons. The highest BCUT2D eigenvalue weighted by atomic mass is 19.4. The lowest BCUT2D eigenvalue weighted by Crippen LogP contribution is -2.08. The number of para-hydroxylation sites is 2. The van der Waals surface area contributed by atoms with Gasteiger partial charge >= 0.3 is 6.18 Å². The maximum atomic E-state index is 14.9. The van der Waals surface area contributed by atoms with Gasteiger partial charge in [0.1, 0.15) is 23.3 Å². The van der Waals surface area contributed by atoms with Crippen LogP contribution in [0.5, 0.6) is 0 Å². The molecule has 11 aromatic rings. The molecular formula is C55H38F3N9. The minimum absolute atomic E-state index is 0.0914. The van der Waals surface area contributed by atoms with Crippen LogP contribution in [0.2, 0.25) is 0 Å². The van der Waals surface area contributed by atoms with Crippen LogP contribution < -0.4 is 0 Å². The molecule has 324 valence electrons. The Balaban J connectivity index is 1.23. The molecule has 4 heterocycles. The third-order valence-electron chi connectivity index (χ3n) is 12.3. The van der Waals surface area contributed by atoms with E-state index in [2.05, 4.69) is 74.2 Å². The summed E-state index contributed by atoms with van der Waals surface area (Å²) >= 11 is 0. The van der Waals surface area contributed by atoms with Crippen LogP contribution in [0.4, 0.5) is 18.9 Å². The van der Waals surface area contributed by atoms with Crippen LogP contribution in [-0.4, -0.2) is 39.0 Å². The van der Waals surface area contributed by atoms with Crippen LogP contribution in [0.15, 0.2) is 140 Å². The number of nitrogens with zero attached hydrogens (tertiary/aromatic N) is 9. The van der Waals surface area contributed by atoms with Gasteiger partial charge in [-0.2, -0.15) is 13.2 Å². The van der Waals surface area contributed by atoms with Gasteiger partial charge in [0, 0.05) is 38.2 Å². The minimum atomic E-state index is -4.62. The summed E-state index contributed by atoms with van der Waals surface area (Å²) in [5.74, 6) is 3.61. The molecule has 67 heavy (non-hydrogen) atoms. The third-order valence-corrected chi connectivity index (χ3v) is 12.3. The van der Waals surface area contributed by atoms with E-state index in [0.29, 0.717) is 68.6 Å². The van der Waals surface area contributed by atoms with E-state index in [0.717, 1.165) is 66.5 Å². The largest absolute Gasteiger partial charge is 0.417 e. The lowest BCUT2D eigenvalue weighted by Gasteiger charge is -2.21. The minimum Gasteiger partial charge on any atom is -0.309 e. The molecule has 11 rings (SSSR count). The molecule has 0 aliphatic heterocycles. The van der Waals surface area contributed by atoms with Crippen LogP contribution in [0.3, 0.4) is 0 Å². The van der Waals surface area contributed by atoms with Gasteiger partial charge < -0.3 is 9.13 Å². The van der Waals surface area contributed by atoms with Crippen molar-refractivity contribution >= 4 is 49.3 Å². The van der Waals surface area contributed by atoms with E-state index in [1.165, 1.54) is 6.07 Å². The molecule has 0 saturated carbocycles. The lowest BCUT2D eigenvalue weighted by atomic mass is 9.90. The summed E-state index contributed by atoms with van der Waals surface area (Å²) in [5.41, 5.74) is 8.53. The molecular weight excluding hydrogens is 844 g/mol. The Labute approximate surface area is 382 Å². The first-order chi connectivity index (χ1) is 32.3. The van der Waals surface area contributed by atoms with Gasteiger partial charge in [0.2, 0.25) is 0 Å². The number of fused-ring (bicyclic) bond motifs is 6. The quantitative estimate of drug-likeness (QED) is 0.155. The van der Waals surface area contributed by atoms with Gasteiger partial charge in [0.05, 0.1) is 45.6 Å². The van der Waals surface area contributed by atoms with Crippen LogP contribution in [0.1, 0.15) is 34.4 Å². The van der Waals surface area contributed by atoms with Crippen molar-refractivity contribution in [3.05, 3.63) is 185 Å². The highest BCUT2D eigenvalue weighted by Crippen LogP contribution is 2.46. The highest BCUT2D eigenvalue weighted by molar-refractivity contribution is 6.13. The molecule has 0 amide bonds. The summed E-state index contributed by atoms with van der Waals surface area (Å²) in [6, 6.07) is 43.8. The molecule has 0 unspecified atom stereocenters. The number of halogens is 3. The van der Waals surface area contributed by atoms with E-state index in [4.69, 9.17) is 6.57 Å². The van der Waals surface area contributed by atoms with E-state index in [1.54, 1.807) is 25.1 Å². The maximum Gasteiger partial charge on any atom is 0.417 e. The smallest absolute Gasteiger partial charge is 0.309 e. The summed E-state index contributed by atoms with van der Waals surface area (Å²) in [6.45, 7) is 17.3. The zero-order valence-electron chi connectivity index (χ0n) is 36.9. The maximum absolute atomic E-state index is 14.9. The number of alkyl halides is 3. The molecule has 0 bridgehead atoms. The van der Waals surface area contributed by atoms with Gasteiger partial charge in [-0.3, -0.25) is 0 Å². The first-order valence-electron chi connectivity index (χ1n) is 21.6. The van der Waals surface area contributed by atoms with Crippen molar-refractivity contribution in [1.82, 2.24) is 39.0 Å². The highest BCUT2D eigenvalue weighted by Gasteiger charge is 2.34. The number of rotatable bonds is 6. The molecule has 0 saturated heterocycles. The summed E-state index contributed by atoms with van der Waals surface area (Å²) in [7, 11) is 0. The van der Waals surface area contributed by atoms with Crippen LogP contribution in [0, 0.1) is 41.2 Å². The number of hydrogen-bond acceptors (Lipinski definition) is 6. The summed E-state index contributed by atoms with van der Waals surface area (Å²) in [5, 5.41) is 3.84. The Morgan fingerprint density at radius 2 is 0.910 bits per heavy atom. The molecule has 4 aromatic heterocycles. The molecule has 0 fully saturated rings. The third kappa shape index (κ3) is 6.94. The molecule has 12 heteroatoms. The number of aryl methyl sites for hydroxylation is 5. The Bertz CT molecular complexity index is 3850. The van der Waals surface area contributed by atoms with Gasteiger partial charge in [-0.05, 0) is 136 Å².